The van der Waals surface area contributed by atoms with Crippen LogP contribution in [0.3, 0.4) is 0 Å². The van der Waals surface area contributed by atoms with E-state index >= 15 is 0 Å². The molecule has 0 saturated carbocycles. The highest BCUT2D eigenvalue weighted by Gasteiger charge is 2.12. The maximum Gasteiger partial charge on any atom is 0.238 e. The highest BCUT2D eigenvalue weighted by atomic mass is 35.5. The molecule has 5 heteroatoms. The number of benzene rings is 1. The van der Waals surface area contributed by atoms with Crippen molar-refractivity contribution in [1.29, 1.82) is 0 Å². The van der Waals surface area contributed by atoms with E-state index in [1.54, 1.807) is 6.07 Å². The van der Waals surface area contributed by atoms with Crippen molar-refractivity contribution in [3.8, 4) is 11.6 Å². The van der Waals surface area contributed by atoms with Gasteiger partial charge in [0.05, 0.1) is 11.9 Å². The van der Waals surface area contributed by atoms with Crippen LogP contribution in [0, 0.1) is 6.92 Å². The molecular formula is C15H16Cl2N2O. The van der Waals surface area contributed by atoms with Crippen LogP contribution in [-0.4, -0.2) is 4.98 Å². The van der Waals surface area contributed by atoms with Crippen molar-refractivity contribution in [2.24, 2.45) is 0 Å². The molecular weight excluding hydrogens is 295 g/mol. The Bertz CT molecular complexity index is 642. The highest BCUT2D eigenvalue weighted by molar-refractivity contribution is 6.32. The second-order valence-electron chi connectivity index (χ2n) is 4.95. The molecule has 20 heavy (non-hydrogen) atoms. The van der Waals surface area contributed by atoms with Crippen LogP contribution in [0.1, 0.15) is 30.9 Å². The van der Waals surface area contributed by atoms with E-state index in [2.05, 4.69) is 18.8 Å². The summed E-state index contributed by atoms with van der Waals surface area (Å²) in [7, 11) is 0. The van der Waals surface area contributed by atoms with E-state index in [9.17, 15) is 0 Å². The molecule has 0 amide bonds. The Morgan fingerprint density at radius 2 is 1.85 bits per heavy atom. The summed E-state index contributed by atoms with van der Waals surface area (Å²) in [6.45, 7) is 6.08. The van der Waals surface area contributed by atoms with Crippen molar-refractivity contribution < 1.29 is 4.74 Å². The zero-order valence-corrected chi connectivity index (χ0v) is 13.1. The van der Waals surface area contributed by atoms with Gasteiger partial charge in [-0.2, -0.15) is 0 Å². The quantitative estimate of drug-likeness (QED) is 0.848. The lowest BCUT2D eigenvalue weighted by molar-refractivity contribution is 0.459. The number of anilines is 1. The molecule has 0 saturated heterocycles. The summed E-state index contributed by atoms with van der Waals surface area (Å²) < 4.78 is 5.78. The van der Waals surface area contributed by atoms with Crippen LogP contribution in [0.25, 0.3) is 0 Å². The number of nitrogens with zero attached hydrogens (tertiary/aromatic N) is 1. The largest absolute Gasteiger partial charge is 0.437 e. The minimum Gasteiger partial charge on any atom is -0.437 e. The average Bonchev–Trinajstić information content (AvgIpc) is 2.35. The molecule has 0 atom stereocenters. The number of nitrogens with two attached hydrogens (primary N) is 1. The van der Waals surface area contributed by atoms with E-state index in [1.807, 2.05) is 19.1 Å². The smallest absolute Gasteiger partial charge is 0.238 e. The Hall–Kier alpha value is -1.45. The fourth-order valence-electron chi connectivity index (χ4n) is 1.84. The Labute approximate surface area is 128 Å². The predicted octanol–water partition coefficient (Wildman–Crippen LogP) is 5.19. The lowest BCUT2D eigenvalue weighted by atomic mass is 10.0. The molecule has 106 valence electrons. The van der Waals surface area contributed by atoms with Crippen molar-refractivity contribution >= 4 is 28.9 Å². The molecule has 0 aliphatic rings. The van der Waals surface area contributed by atoms with Gasteiger partial charge in [-0.15, -0.1) is 0 Å². The zero-order chi connectivity index (χ0) is 14.9. The lowest BCUT2D eigenvalue weighted by Gasteiger charge is -2.14. The third kappa shape index (κ3) is 3.17. The van der Waals surface area contributed by atoms with Crippen molar-refractivity contribution in [2.45, 2.75) is 26.7 Å². The van der Waals surface area contributed by atoms with Gasteiger partial charge in [0, 0.05) is 5.02 Å². The number of nitrogen functional groups attached to an aromatic ring is 1. The lowest BCUT2D eigenvalue weighted by Crippen LogP contribution is -1.96. The number of ether oxygens (including phenoxy) is 1. The van der Waals surface area contributed by atoms with Gasteiger partial charge in [-0.3, -0.25) is 0 Å². The fourth-order valence-corrected chi connectivity index (χ4v) is 2.49. The van der Waals surface area contributed by atoms with Crippen LogP contribution in [0.5, 0.6) is 11.6 Å². The first-order chi connectivity index (χ1) is 9.38. The predicted molar refractivity (Wildman–Crippen MR) is 84.0 cm³/mol. The van der Waals surface area contributed by atoms with Crippen LogP contribution >= 0.6 is 23.2 Å². The Kier molecular flexibility index (Phi) is 4.41. The van der Waals surface area contributed by atoms with Crippen LogP contribution in [0.4, 0.5) is 5.69 Å². The molecule has 2 N–H and O–H groups in total. The summed E-state index contributed by atoms with van der Waals surface area (Å²) in [6.07, 6.45) is 1.51. The summed E-state index contributed by atoms with van der Waals surface area (Å²) in [5, 5.41) is 1.12. The maximum absolute atomic E-state index is 6.24. The van der Waals surface area contributed by atoms with Crippen LogP contribution in [-0.2, 0) is 0 Å². The number of aromatic nitrogens is 1. The van der Waals surface area contributed by atoms with E-state index in [1.165, 1.54) is 6.20 Å². The van der Waals surface area contributed by atoms with Gasteiger partial charge in [0.2, 0.25) is 5.88 Å². The van der Waals surface area contributed by atoms with Gasteiger partial charge in [-0.05, 0) is 42.2 Å². The van der Waals surface area contributed by atoms with Gasteiger partial charge in [-0.1, -0.05) is 37.0 Å². The second kappa shape index (κ2) is 5.90. The molecule has 3 nitrogen and oxygen atoms in total. The molecule has 0 aliphatic heterocycles. The highest BCUT2D eigenvalue weighted by Crippen LogP contribution is 2.35. The maximum atomic E-state index is 6.24. The van der Waals surface area contributed by atoms with Crippen molar-refractivity contribution in [3.63, 3.8) is 0 Å². The summed E-state index contributed by atoms with van der Waals surface area (Å²) in [5.74, 6) is 1.33. The zero-order valence-electron chi connectivity index (χ0n) is 11.6. The van der Waals surface area contributed by atoms with Crippen molar-refractivity contribution in [2.75, 3.05) is 5.73 Å². The standard InChI is InChI=1S/C15H16Cl2N2O/c1-8(2)11-6-14(9(3)4-12(11)16)20-15-13(17)5-10(18)7-19-15/h4-8H,18H2,1-3H3. The normalized spacial score (nSPS) is 10.9. The average molecular weight is 311 g/mol. The number of hydrogen-bond donors (Lipinski definition) is 1. The van der Waals surface area contributed by atoms with Crippen molar-refractivity contribution in [3.05, 3.63) is 45.6 Å². The van der Waals surface area contributed by atoms with Gasteiger partial charge in [-0.25, -0.2) is 4.98 Å². The van der Waals surface area contributed by atoms with E-state index in [0.717, 1.165) is 16.1 Å². The number of hydrogen-bond acceptors (Lipinski definition) is 3. The summed E-state index contributed by atoms with van der Waals surface area (Å²) in [6, 6.07) is 5.42. The van der Waals surface area contributed by atoms with Gasteiger partial charge in [0.15, 0.2) is 0 Å². The van der Waals surface area contributed by atoms with Gasteiger partial charge < -0.3 is 10.5 Å². The SMILES string of the molecule is Cc1cc(Cl)c(C(C)C)cc1Oc1ncc(N)cc1Cl. The molecule has 0 bridgehead atoms. The molecule has 1 aromatic carbocycles. The number of halogens is 2. The Morgan fingerprint density at radius 1 is 1.15 bits per heavy atom. The fraction of sp³-hybridized carbons (Fsp3) is 0.267. The first kappa shape index (κ1) is 14.9. The summed E-state index contributed by atoms with van der Waals surface area (Å²) in [4.78, 5) is 4.10. The molecule has 0 spiro atoms. The van der Waals surface area contributed by atoms with Gasteiger partial charge >= 0.3 is 0 Å². The van der Waals surface area contributed by atoms with E-state index in [4.69, 9.17) is 33.7 Å². The van der Waals surface area contributed by atoms with E-state index in [0.29, 0.717) is 28.3 Å². The number of rotatable bonds is 3. The molecule has 2 rings (SSSR count). The minimum atomic E-state index is 0.306. The molecule has 1 aromatic heterocycles. The van der Waals surface area contributed by atoms with Gasteiger partial charge in [0.1, 0.15) is 10.8 Å². The summed E-state index contributed by atoms with van der Waals surface area (Å²) in [5.41, 5.74) is 8.06. The van der Waals surface area contributed by atoms with E-state index in [-0.39, 0.29) is 0 Å². The third-order valence-corrected chi connectivity index (χ3v) is 3.55. The number of pyridine rings is 1. The minimum absolute atomic E-state index is 0.306. The first-order valence-electron chi connectivity index (χ1n) is 6.27. The Morgan fingerprint density at radius 3 is 2.45 bits per heavy atom. The van der Waals surface area contributed by atoms with Crippen LogP contribution in [0.15, 0.2) is 24.4 Å². The molecule has 0 fully saturated rings. The molecule has 0 unspecified atom stereocenters. The van der Waals surface area contributed by atoms with Gasteiger partial charge in [0.25, 0.3) is 0 Å². The second-order valence-corrected chi connectivity index (χ2v) is 5.77. The monoisotopic (exact) mass is 310 g/mol. The molecule has 0 radical (unpaired) electrons. The molecule has 0 aliphatic carbocycles. The third-order valence-electron chi connectivity index (χ3n) is 2.95. The summed E-state index contributed by atoms with van der Waals surface area (Å²) >= 11 is 12.3. The first-order valence-corrected chi connectivity index (χ1v) is 7.03. The van der Waals surface area contributed by atoms with Crippen LogP contribution in [0.2, 0.25) is 10.0 Å². The van der Waals surface area contributed by atoms with Crippen LogP contribution < -0.4 is 10.5 Å². The van der Waals surface area contributed by atoms with Crippen molar-refractivity contribution in [1.82, 2.24) is 4.98 Å². The molecule has 1 heterocycles. The topological polar surface area (TPSA) is 48.1 Å². The number of aryl methyl sites for hydroxylation is 1. The Balaban J connectivity index is 2.40. The molecule has 2 aromatic rings. The van der Waals surface area contributed by atoms with E-state index < -0.39 is 0 Å².